The van der Waals surface area contributed by atoms with Crippen LogP contribution >= 0.6 is 0 Å². The first-order valence-electron chi connectivity index (χ1n) is 6.36. The molecule has 1 aromatic rings. The minimum atomic E-state index is -0.185. The van der Waals surface area contributed by atoms with Gasteiger partial charge in [-0.25, -0.2) is 0 Å². The predicted molar refractivity (Wildman–Crippen MR) is 74.7 cm³/mol. The molecule has 0 heterocycles. The predicted octanol–water partition coefficient (Wildman–Crippen LogP) is 1.59. The molecule has 1 N–H and O–H groups in total. The average Bonchev–Trinajstić information content (AvgIpc) is 3.24. The van der Waals surface area contributed by atoms with Gasteiger partial charge in [-0.15, -0.1) is 6.58 Å². The minimum absolute atomic E-state index is 0.00459. The second-order valence-corrected chi connectivity index (χ2v) is 4.72. The van der Waals surface area contributed by atoms with Crippen LogP contribution in [0.4, 0.5) is 5.69 Å². The van der Waals surface area contributed by atoms with Crippen molar-refractivity contribution in [3.05, 3.63) is 43.0 Å². The SMILES string of the molecule is C=CCNC(=O)C1CC1C(=O)N(C)c1ccccc1. The molecular formula is C15H18N2O2. The molecule has 100 valence electrons. The van der Waals surface area contributed by atoms with Crippen molar-refractivity contribution in [2.24, 2.45) is 11.8 Å². The van der Waals surface area contributed by atoms with E-state index in [4.69, 9.17) is 0 Å². The Kier molecular flexibility index (Phi) is 4.00. The van der Waals surface area contributed by atoms with Crippen LogP contribution in [0.15, 0.2) is 43.0 Å². The highest BCUT2D eigenvalue weighted by Gasteiger charge is 2.49. The number of benzene rings is 1. The Morgan fingerprint density at radius 2 is 2.05 bits per heavy atom. The number of anilines is 1. The van der Waals surface area contributed by atoms with Crippen LogP contribution in [0, 0.1) is 11.8 Å². The second-order valence-electron chi connectivity index (χ2n) is 4.72. The smallest absolute Gasteiger partial charge is 0.230 e. The van der Waals surface area contributed by atoms with E-state index in [-0.39, 0.29) is 23.7 Å². The third-order valence-corrected chi connectivity index (χ3v) is 3.34. The van der Waals surface area contributed by atoms with E-state index in [1.54, 1.807) is 18.0 Å². The Bertz CT molecular complexity index is 484. The molecule has 2 unspecified atom stereocenters. The van der Waals surface area contributed by atoms with E-state index in [2.05, 4.69) is 11.9 Å². The Labute approximate surface area is 113 Å². The molecule has 1 aliphatic rings. The van der Waals surface area contributed by atoms with Crippen LogP contribution in [0.2, 0.25) is 0 Å². The number of carbonyl (C=O) groups is 2. The molecule has 1 aliphatic carbocycles. The summed E-state index contributed by atoms with van der Waals surface area (Å²) in [6, 6.07) is 9.45. The molecule has 19 heavy (non-hydrogen) atoms. The highest BCUT2D eigenvalue weighted by molar-refractivity contribution is 6.00. The summed E-state index contributed by atoms with van der Waals surface area (Å²) in [5.41, 5.74) is 0.852. The van der Waals surface area contributed by atoms with Gasteiger partial charge in [0.15, 0.2) is 0 Å². The van der Waals surface area contributed by atoms with Gasteiger partial charge in [0.05, 0.1) is 11.8 Å². The average molecular weight is 258 g/mol. The highest BCUT2D eigenvalue weighted by atomic mass is 16.2. The lowest BCUT2D eigenvalue weighted by Crippen LogP contribution is -2.31. The van der Waals surface area contributed by atoms with Gasteiger partial charge in [0.25, 0.3) is 0 Å². The maximum absolute atomic E-state index is 12.2. The Balaban J connectivity index is 1.92. The van der Waals surface area contributed by atoms with Crippen LogP contribution < -0.4 is 10.2 Å². The first-order chi connectivity index (χ1) is 9.15. The normalized spacial score (nSPS) is 20.5. The first-order valence-corrected chi connectivity index (χ1v) is 6.36. The quantitative estimate of drug-likeness (QED) is 0.815. The van der Waals surface area contributed by atoms with Gasteiger partial charge in [-0.2, -0.15) is 0 Å². The fourth-order valence-corrected chi connectivity index (χ4v) is 2.09. The maximum Gasteiger partial charge on any atom is 0.230 e. The zero-order valence-corrected chi connectivity index (χ0v) is 11.0. The number of rotatable bonds is 5. The third kappa shape index (κ3) is 3.02. The van der Waals surface area contributed by atoms with Gasteiger partial charge in [-0.1, -0.05) is 24.3 Å². The molecule has 0 radical (unpaired) electrons. The fraction of sp³-hybridized carbons (Fsp3) is 0.333. The van der Waals surface area contributed by atoms with E-state index < -0.39 is 0 Å². The molecular weight excluding hydrogens is 240 g/mol. The minimum Gasteiger partial charge on any atom is -0.352 e. The molecule has 4 nitrogen and oxygen atoms in total. The summed E-state index contributed by atoms with van der Waals surface area (Å²) in [7, 11) is 1.74. The third-order valence-electron chi connectivity index (χ3n) is 3.34. The Morgan fingerprint density at radius 3 is 2.68 bits per heavy atom. The number of carbonyl (C=O) groups excluding carboxylic acids is 2. The standard InChI is InChI=1S/C15H18N2O2/c1-3-9-16-14(18)12-10-13(12)15(19)17(2)11-7-5-4-6-8-11/h3-8,12-13H,1,9-10H2,2H3,(H,16,18). The fourth-order valence-electron chi connectivity index (χ4n) is 2.09. The molecule has 2 amide bonds. The Hall–Kier alpha value is -2.10. The lowest BCUT2D eigenvalue weighted by Gasteiger charge is -2.17. The summed E-state index contributed by atoms with van der Waals surface area (Å²) in [5, 5.41) is 2.73. The van der Waals surface area contributed by atoms with Crippen LogP contribution in [0.5, 0.6) is 0 Å². The summed E-state index contributed by atoms with van der Waals surface area (Å²) in [6.45, 7) is 3.99. The van der Waals surface area contributed by atoms with Crippen molar-refractivity contribution in [1.29, 1.82) is 0 Å². The molecule has 1 saturated carbocycles. The van der Waals surface area contributed by atoms with Gasteiger partial charge in [0.1, 0.15) is 0 Å². The van der Waals surface area contributed by atoms with E-state index in [9.17, 15) is 9.59 Å². The van der Waals surface area contributed by atoms with Gasteiger partial charge in [-0.05, 0) is 18.6 Å². The molecule has 1 aromatic carbocycles. The van der Waals surface area contributed by atoms with Crippen molar-refractivity contribution in [2.45, 2.75) is 6.42 Å². The summed E-state index contributed by atoms with van der Waals surface area (Å²) in [4.78, 5) is 25.5. The van der Waals surface area contributed by atoms with Crippen molar-refractivity contribution in [2.75, 3.05) is 18.5 Å². The molecule has 0 aliphatic heterocycles. The number of hydrogen-bond donors (Lipinski definition) is 1. The first kappa shape index (κ1) is 13.3. The van der Waals surface area contributed by atoms with E-state index in [1.807, 2.05) is 30.3 Å². The number of hydrogen-bond acceptors (Lipinski definition) is 2. The van der Waals surface area contributed by atoms with Crippen molar-refractivity contribution in [1.82, 2.24) is 5.32 Å². The zero-order chi connectivity index (χ0) is 13.8. The second kappa shape index (κ2) is 5.69. The molecule has 4 heteroatoms. The van der Waals surface area contributed by atoms with Gasteiger partial charge in [-0.3, -0.25) is 9.59 Å². The van der Waals surface area contributed by atoms with Crippen molar-refractivity contribution >= 4 is 17.5 Å². The molecule has 2 rings (SSSR count). The number of para-hydroxylation sites is 1. The van der Waals surface area contributed by atoms with Gasteiger partial charge >= 0.3 is 0 Å². The molecule has 0 saturated heterocycles. The topological polar surface area (TPSA) is 49.4 Å². The molecule has 0 bridgehead atoms. The van der Waals surface area contributed by atoms with Gasteiger partial charge in [0, 0.05) is 19.3 Å². The molecule has 2 atom stereocenters. The number of nitrogens with zero attached hydrogens (tertiary/aromatic N) is 1. The van der Waals surface area contributed by atoms with E-state index in [0.29, 0.717) is 13.0 Å². The zero-order valence-electron chi connectivity index (χ0n) is 11.0. The van der Waals surface area contributed by atoms with Crippen LogP contribution in [0.3, 0.4) is 0 Å². The lowest BCUT2D eigenvalue weighted by molar-refractivity contribution is -0.125. The summed E-state index contributed by atoms with van der Waals surface area (Å²) < 4.78 is 0. The van der Waals surface area contributed by atoms with E-state index >= 15 is 0 Å². The maximum atomic E-state index is 12.2. The van der Waals surface area contributed by atoms with Gasteiger partial charge < -0.3 is 10.2 Å². The summed E-state index contributed by atoms with van der Waals surface area (Å²) >= 11 is 0. The van der Waals surface area contributed by atoms with E-state index in [1.165, 1.54) is 0 Å². The van der Waals surface area contributed by atoms with Gasteiger partial charge in [0.2, 0.25) is 11.8 Å². The largest absolute Gasteiger partial charge is 0.352 e. The summed E-state index contributed by atoms with van der Waals surface area (Å²) in [5.74, 6) is -0.418. The van der Waals surface area contributed by atoms with Crippen molar-refractivity contribution in [3.8, 4) is 0 Å². The Morgan fingerprint density at radius 1 is 1.37 bits per heavy atom. The van der Waals surface area contributed by atoms with Crippen molar-refractivity contribution < 1.29 is 9.59 Å². The van der Waals surface area contributed by atoms with Crippen LogP contribution in [-0.2, 0) is 9.59 Å². The number of amides is 2. The monoisotopic (exact) mass is 258 g/mol. The lowest BCUT2D eigenvalue weighted by atomic mass is 10.2. The van der Waals surface area contributed by atoms with Crippen LogP contribution in [-0.4, -0.2) is 25.4 Å². The number of nitrogens with one attached hydrogen (secondary N) is 1. The summed E-state index contributed by atoms with van der Waals surface area (Å²) in [6.07, 6.45) is 2.27. The van der Waals surface area contributed by atoms with E-state index in [0.717, 1.165) is 5.69 Å². The molecule has 1 fully saturated rings. The van der Waals surface area contributed by atoms with Crippen LogP contribution in [0.1, 0.15) is 6.42 Å². The van der Waals surface area contributed by atoms with Crippen molar-refractivity contribution in [3.63, 3.8) is 0 Å². The van der Waals surface area contributed by atoms with Crippen LogP contribution in [0.25, 0.3) is 0 Å². The highest BCUT2D eigenvalue weighted by Crippen LogP contribution is 2.40. The molecule has 0 spiro atoms. The molecule has 0 aromatic heterocycles.